The molecule has 1 aliphatic heterocycles. The molecular weight excluding hydrogens is 599 g/mol. The molecule has 13 heteroatoms. The maximum absolute atomic E-state index is 14.0. The van der Waals surface area contributed by atoms with E-state index in [0.717, 1.165) is 24.5 Å². The first-order chi connectivity index (χ1) is 21.6. The van der Waals surface area contributed by atoms with Crippen LogP contribution in [0.4, 0.5) is 10.1 Å². The van der Waals surface area contributed by atoms with Crippen molar-refractivity contribution in [2.75, 3.05) is 5.32 Å². The van der Waals surface area contributed by atoms with E-state index in [1.807, 2.05) is 30.3 Å². The number of benzene rings is 1. The van der Waals surface area contributed by atoms with E-state index in [-0.39, 0.29) is 45.9 Å². The van der Waals surface area contributed by atoms with E-state index in [2.05, 4.69) is 20.2 Å². The van der Waals surface area contributed by atoms with E-state index in [9.17, 15) is 22.7 Å². The number of rotatable bonds is 7. The predicted molar refractivity (Wildman–Crippen MR) is 160 cm³/mol. The zero-order valence-electron chi connectivity index (χ0n) is 24.2. The summed E-state index contributed by atoms with van der Waals surface area (Å²) >= 11 is 0. The number of anilines is 1. The van der Waals surface area contributed by atoms with Gasteiger partial charge in [-0.3, -0.25) is 4.79 Å². The van der Waals surface area contributed by atoms with Crippen molar-refractivity contribution in [3.8, 4) is 17.4 Å². The van der Waals surface area contributed by atoms with Crippen LogP contribution in [0.5, 0.6) is 0 Å². The number of aliphatic hydroxyl groups is 1. The van der Waals surface area contributed by atoms with E-state index < -0.39 is 33.5 Å². The van der Waals surface area contributed by atoms with Gasteiger partial charge in [-0.25, -0.2) is 18.1 Å². The lowest BCUT2D eigenvalue weighted by molar-refractivity contribution is -0.0398. The summed E-state index contributed by atoms with van der Waals surface area (Å²) in [4.78, 5) is 16.9. The second-order valence-corrected chi connectivity index (χ2v) is 13.6. The molecule has 4 heterocycles. The van der Waals surface area contributed by atoms with E-state index >= 15 is 0 Å². The summed E-state index contributed by atoms with van der Waals surface area (Å²) in [5.74, 6) is -1.28. The highest BCUT2D eigenvalue weighted by Gasteiger charge is 2.52. The third-order valence-electron chi connectivity index (χ3n) is 9.16. The third kappa shape index (κ3) is 5.04. The number of carbonyl (C=O) groups excluding carboxylic acids is 1. The van der Waals surface area contributed by atoms with E-state index in [1.165, 1.54) is 6.07 Å². The molecule has 0 spiro atoms. The first-order valence-electron chi connectivity index (χ1n) is 14.6. The maximum atomic E-state index is 14.0. The van der Waals surface area contributed by atoms with Crippen molar-refractivity contribution in [1.29, 1.82) is 5.26 Å². The molecule has 2 bridgehead atoms. The number of hydrogen-bond acceptors (Lipinski definition) is 8. The summed E-state index contributed by atoms with van der Waals surface area (Å²) in [5.41, 5.74) is 0.618. The molecule has 11 nitrogen and oxygen atoms in total. The Morgan fingerprint density at radius 3 is 2.62 bits per heavy atom. The lowest BCUT2D eigenvalue weighted by Crippen LogP contribution is -2.49. The van der Waals surface area contributed by atoms with Gasteiger partial charge in [0.15, 0.2) is 5.76 Å². The summed E-state index contributed by atoms with van der Waals surface area (Å²) in [6.45, 7) is 1.85. The standard InChI is InChI=1S/C32H29FN6O5S/c1-18-29(31(40)36-22-12-23(17-34)35-27(33)13-22)39-11-5-8-24(39)30(18)45(42,43)38-28-20-9-10-21(28)16-32(41,15-20)26-14-25(44-37-26)19-6-3-2-4-7-19/h2-8,12-14,20-21,28,38,41H,9-11,15-16H2,1H3,(H,35,36,40). The molecule has 3 N–H and O–H groups in total. The molecule has 0 saturated heterocycles. The van der Waals surface area contributed by atoms with Gasteiger partial charge >= 0.3 is 0 Å². The summed E-state index contributed by atoms with van der Waals surface area (Å²) in [6.07, 6.45) is 5.57. The largest absolute Gasteiger partial charge is 0.383 e. The summed E-state index contributed by atoms with van der Waals surface area (Å²) < 4.78 is 52.1. The summed E-state index contributed by atoms with van der Waals surface area (Å²) in [7, 11) is -4.11. The number of halogens is 1. The first kappa shape index (κ1) is 29.1. The van der Waals surface area contributed by atoms with Gasteiger partial charge in [-0.2, -0.15) is 9.65 Å². The number of amides is 1. The molecule has 2 aliphatic carbocycles. The monoisotopic (exact) mass is 628 g/mol. The Kier molecular flexibility index (Phi) is 6.96. The van der Waals surface area contributed by atoms with Crippen molar-refractivity contribution in [3.63, 3.8) is 0 Å². The lowest BCUT2D eigenvalue weighted by Gasteiger charge is -2.40. The first-order valence-corrected chi connectivity index (χ1v) is 16.1. The number of nitrogens with one attached hydrogen (secondary N) is 2. The lowest BCUT2D eigenvalue weighted by atomic mass is 9.73. The SMILES string of the molecule is Cc1c(S(=O)(=O)NC2C3CCC2CC(O)(c2cc(-c4ccccc4)on2)C3)c2n(c1C(=O)Nc1cc(F)nc(C#N)c1)CC=C2. The van der Waals surface area contributed by atoms with Gasteiger partial charge in [0.25, 0.3) is 5.91 Å². The fraction of sp³-hybridized carbons (Fsp3) is 0.312. The minimum absolute atomic E-state index is 0.00395. The van der Waals surface area contributed by atoms with Crippen molar-refractivity contribution in [2.24, 2.45) is 11.8 Å². The van der Waals surface area contributed by atoms with Crippen LogP contribution >= 0.6 is 0 Å². The fourth-order valence-corrected chi connectivity index (χ4v) is 9.09. The van der Waals surface area contributed by atoms with Crippen molar-refractivity contribution in [2.45, 2.75) is 55.7 Å². The van der Waals surface area contributed by atoms with E-state index in [1.54, 1.807) is 35.8 Å². The van der Waals surface area contributed by atoms with Gasteiger partial charge in [0, 0.05) is 41.5 Å². The van der Waals surface area contributed by atoms with E-state index in [0.29, 0.717) is 30.0 Å². The van der Waals surface area contributed by atoms with Crippen LogP contribution in [0.25, 0.3) is 17.4 Å². The molecule has 2 unspecified atom stereocenters. The predicted octanol–water partition coefficient (Wildman–Crippen LogP) is 4.49. The number of hydrogen-bond donors (Lipinski definition) is 3. The number of nitriles is 1. The molecule has 7 rings (SSSR count). The van der Waals surface area contributed by atoms with Gasteiger partial charge in [-0.05, 0) is 56.6 Å². The Morgan fingerprint density at radius 2 is 1.91 bits per heavy atom. The van der Waals surface area contributed by atoms with Crippen LogP contribution in [0, 0.1) is 36.0 Å². The molecule has 2 atom stereocenters. The molecule has 3 aromatic heterocycles. The number of carbonyl (C=O) groups is 1. The quantitative estimate of drug-likeness (QED) is 0.252. The van der Waals surface area contributed by atoms with Crippen LogP contribution in [0.2, 0.25) is 0 Å². The Balaban J connectivity index is 1.13. The fourth-order valence-electron chi connectivity index (χ4n) is 7.27. The third-order valence-corrected chi connectivity index (χ3v) is 10.8. The van der Waals surface area contributed by atoms with Crippen LogP contribution in [-0.2, 0) is 22.2 Å². The number of sulfonamides is 1. The highest BCUT2D eigenvalue weighted by Crippen LogP contribution is 2.51. The van der Waals surface area contributed by atoms with Crippen LogP contribution in [0.15, 0.2) is 64.0 Å². The van der Waals surface area contributed by atoms with Gasteiger partial charge in [-0.15, -0.1) is 0 Å². The second-order valence-electron chi connectivity index (χ2n) is 12.0. The molecule has 3 aliphatic rings. The van der Waals surface area contributed by atoms with Crippen LogP contribution < -0.4 is 10.0 Å². The van der Waals surface area contributed by atoms with Gasteiger partial charge in [0.2, 0.25) is 16.0 Å². The Hall–Kier alpha value is -4.64. The average molecular weight is 629 g/mol. The zero-order valence-corrected chi connectivity index (χ0v) is 25.0. The summed E-state index contributed by atoms with van der Waals surface area (Å²) in [6, 6.07) is 14.8. The molecule has 1 aromatic carbocycles. The minimum Gasteiger partial charge on any atom is -0.383 e. The number of pyridine rings is 1. The molecule has 1 amide bonds. The molecule has 2 saturated carbocycles. The maximum Gasteiger partial charge on any atom is 0.272 e. The molecule has 4 aromatic rings. The normalized spacial score (nSPS) is 23.6. The summed E-state index contributed by atoms with van der Waals surface area (Å²) in [5, 5.41) is 27.6. The number of nitrogens with zero attached hydrogens (tertiary/aromatic N) is 4. The highest BCUT2D eigenvalue weighted by molar-refractivity contribution is 7.89. The number of fused-ring (bicyclic) bond motifs is 3. The van der Waals surface area contributed by atoms with Crippen molar-refractivity contribution in [1.82, 2.24) is 19.4 Å². The van der Waals surface area contributed by atoms with Crippen molar-refractivity contribution >= 4 is 27.7 Å². The molecule has 230 valence electrons. The Morgan fingerprint density at radius 1 is 1.18 bits per heavy atom. The Bertz CT molecular complexity index is 2000. The van der Waals surface area contributed by atoms with Crippen LogP contribution in [-0.4, -0.2) is 40.2 Å². The highest BCUT2D eigenvalue weighted by atomic mass is 32.2. The van der Waals surface area contributed by atoms with Crippen LogP contribution in [0.1, 0.15) is 58.8 Å². The van der Waals surface area contributed by atoms with Crippen molar-refractivity contribution < 1.29 is 27.2 Å². The smallest absolute Gasteiger partial charge is 0.272 e. The number of aromatic nitrogens is 3. The van der Waals surface area contributed by atoms with E-state index in [4.69, 9.17) is 9.78 Å². The zero-order chi connectivity index (χ0) is 31.5. The van der Waals surface area contributed by atoms with Gasteiger partial charge in [-0.1, -0.05) is 41.6 Å². The topological polar surface area (TPSA) is 163 Å². The van der Waals surface area contributed by atoms with Gasteiger partial charge in [0.1, 0.15) is 33.6 Å². The molecule has 0 radical (unpaired) electrons. The van der Waals surface area contributed by atoms with Crippen molar-refractivity contribution in [3.05, 3.63) is 88.9 Å². The average Bonchev–Trinajstić information content (AvgIpc) is 3.77. The Labute approximate surface area is 258 Å². The molecule has 2 fully saturated rings. The molecule has 45 heavy (non-hydrogen) atoms. The van der Waals surface area contributed by atoms with Gasteiger partial charge in [0.05, 0.1) is 5.69 Å². The second kappa shape index (κ2) is 10.8. The minimum atomic E-state index is -4.11. The van der Waals surface area contributed by atoms with Crippen LogP contribution in [0.3, 0.4) is 0 Å². The molecular formula is C32H29FN6O5S. The van der Waals surface area contributed by atoms with Gasteiger partial charge < -0.3 is 19.5 Å². The number of allylic oxidation sites excluding steroid dienone is 1.